The zero-order chi connectivity index (χ0) is 18.5. The van der Waals surface area contributed by atoms with E-state index in [1.165, 1.54) is 0 Å². The summed E-state index contributed by atoms with van der Waals surface area (Å²) in [6.07, 6.45) is 3.75. The van der Waals surface area contributed by atoms with Gasteiger partial charge >= 0.3 is 0 Å². The summed E-state index contributed by atoms with van der Waals surface area (Å²) in [6.45, 7) is 0. The summed E-state index contributed by atoms with van der Waals surface area (Å²) in [4.78, 5) is 0. The Morgan fingerprint density at radius 3 is 2.37 bits per heavy atom. The number of para-hydroxylation sites is 1. The number of benzene rings is 3. The predicted molar refractivity (Wildman–Crippen MR) is 112 cm³/mol. The van der Waals surface area contributed by atoms with Crippen molar-refractivity contribution in [2.75, 3.05) is 5.43 Å². The maximum atomic E-state index is 6.01. The highest BCUT2D eigenvalue weighted by atomic mass is 35.5. The molecule has 0 unspecified atom stereocenters. The fourth-order valence-corrected chi connectivity index (χ4v) is 2.94. The minimum absolute atomic E-state index is 0.664. The number of rotatable bonds is 5. The van der Waals surface area contributed by atoms with E-state index in [1.54, 1.807) is 6.21 Å². The Morgan fingerprint density at radius 1 is 0.889 bits per heavy atom. The minimum Gasteiger partial charge on any atom is -0.278 e. The predicted octanol–water partition coefficient (Wildman–Crippen LogP) is 5.64. The largest absolute Gasteiger partial charge is 0.278 e. The number of hydrazone groups is 1. The lowest BCUT2D eigenvalue weighted by Gasteiger charge is -2.00. The molecule has 4 aromatic rings. The van der Waals surface area contributed by atoms with Gasteiger partial charge in [-0.15, -0.1) is 0 Å². The monoisotopic (exact) mass is 372 g/mol. The molecule has 1 aromatic heterocycles. The molecular formula is C22H17ClN4. The highest BCUT2D eigenvalue weighted by Gasteiger charge is 2.10. The lowest BCUT2D eigenvalue weighted by Crippen LogP contribution is -1.93. The lowest BCUT2D eigenvalue weighted by molar-refractivity contribution is 0.884. The minimum atomic E-state index is 0.664. The quantitative estimate of drug-likeness (QED) is 0.364. The Labute approximate surface area is 162 Å². The van der Waals surface area contributed by atoms with E-state index in [0.717, 1.165) is 28.2 Å². The molecule has 0 spiro atoms. The maximum Gasteiger partial charge on any atom is 0.102 e. The summed E-state index contributed by atoms with van der Waals surface area (Å²) in [6, 6.07) is 27.5. The smallest absolute Gasteiger partial charge is 0.102 e. The van der Waals surface area contributed by atoms with E-state index < -0.39 is 0 Å². The first-order valence-electron chi connectivity index (χ1n) is 8.55. The van der Waals surface area contributed by atoms with Crippen LogP contribution in [0.5, 0.6) is 0 Å². The summed E-state index contributed by atoms with van der Waals surface area (Å²) in [5.41, 5.74) is 7.66. The zero-order valence-corrected chi connectivity index (χ0v) is 15.2. The molecule has 5 heteroatoms. The van der Waals surface area contributed by atoms with Gasteiger partial charge in [0, 0.05) is 22.3 Å². The third kappa shape index (κ3) is 4.07. The molecule has 0 saturated carbocycles. The first kappa shape index (κ1) is 17.1. The normalized spacial score (nSPS) is 11.0. The van der Waals surface area contributed by atoms with E-state index in [4.69, 9.17) is 16.7 Å². The van der Waals surface area contributed by atoms with Gasteiger partial charge in [0.05, 0.1) is 17.6 Å². The van der Waals surface area contributed by atoms with Gasteiger partial charge in [-0.1, -0.05) is 66.2 Å². The second kappa shape index (κ2) is 7.89. The summed E-state index contributed by atoms with van der Waals surface area (Å²) < 4.78 is 1.86. The number of nitrogens with one attached hydrogen (secondary N) is 1. The average molecular weight is 373 g/mol. The number of nitrogens with zero attached hydrogens (tertiary/aromatic N) is 3. The fraction of sp³-hybridized carbons (Fsp3) is 0. The van der Waals surface area contributed by atoms with Gasteiger partial charge in [0.15, 0.2) is 0 Å². The topological polar surface area (TPSA) is 42.2 Å². The van der Waals surface area contributed by atoms with E-state index in [0.29, 0.717) is 5.02 Å². The van der Waals surface area contributed by atoms with Gasteiger partial charge in [0.1, 0.15) is 5.69 Å². The van der Waals surface area contributed by atoms with E-state index in [2.05, 4.69) is 10.5 Å². The summed E-state index contributed by atoms with van der Waals surface area (Å²) in [7, 11) is 0. The second-order valence-corrected chi connectivity index (χ2v) is 6.40. The van der Waals surface area contributed by atoms with Gasteiger partial charge in [0.25, 0.3) is 0 Å². The first-order chi connectivity index (χ1) is 13.3. The molecule has 0 amide bonds. The Hall–Kier alpha value is -3.37. The summed E-state index contributed by atoms with van der Waals surface area (Å²) in [5, 5.41) is 9.79. The molecule has 1 heterocycles. The summed E-state index contributed by atoms with van der Waals surface area (Å²) >= 11 is 6.01. The van der Waals surface area contributed by atoms with Crippen molar-refractivity contribution in [1.82, 2.24) is 9.78 Å². The van der Waals surface area contributed by atoms with Crippen LogP contribution in [0.3, 0.4) is 0 Å². The average Bonchev–Trinajstić information content (AvgIpc) is 3.14. The molecule has 0 radical (unpaired) electrons. The molecule has 132 valence electrons. The van der Waals surface area contributed by atoms with Crippen LogP contribution >= 0.6 is 11.6 Å². The highest BCUT2D eigenvalue weighted by Crippen LogP contribution is 2.22. The van der Waals surface area contributed by atoms with E-state index in [1.807, 2.05) is 95.8 Å². The first-order valence-corrected chi connectivity index (χ1v) is 8.92. The molecule has 0 aliphatic heterocycles. The fourth-order valence-electron chi connectivity index (χ4n) is 2.75. The van der Waals surface area contributed by atoms with Gasteiger partial charge in [0.2, 0.25) is 0 Å². The summed E-state index contributed by atoms with van der Waals surface area (Å²) in [5.74, 6) is 0. The number of hydrogen-bond acceptors (Lipinski definition) is 3. The van der Waals surface area contributed by atoms with Crippen LogP contribution in [0.15, 0.2) is 96.2 Å². The Morgan fingerprint density at radius 2 is 1.63 bits per heavy atom. The molecule has 0 aliphatic carbocycles. The SMILES string of the molecule is Clc1cccc(N/N=C/c2cn(-c3ccccc3)nc2-c2ccccc2)c1. The Balaban J connectivity index is 1.68. The van der Waals surface area contributed by atoms with Gasteiger partial charge < -0.3 is 0 Å². The molecule has 4 rings (SSSR count). The van der Waals surface area contributed by atoms with Gasteiger partial charge in [-0.2, -0.15) is 10.2 Å². The molecule has 4 nitrogen and oxygen atoms in total. The molecule has 0 bridgehead atoms. The number of hydrogen-bond donors (Lipinski definition) is 1. The van der Waals surface area contributed by atoms with Gasteiger partial charge in [-0.3, -0.25) is 5.43 Å². The second-order valence-electron chi connectivity index (χ2n) is 5.96. The van der Waals surface area contributed by atoms with Crippen molar-refractivity contribution >= 4 is 23.5 Å². The van der Waals surface area contributed by atoms with Gasteiger partial charge in [-0.25, -0.2) is 4.68 Å². The molecule has 0 aliphatic rings. The van der Waals surface area contributed by atoms with Crippen molar-refractivity contribution in [2.45, 2.75) is 0 Å². The van der Waals surface area contributed by atoms with Crippen LogP contribution in [0.2, 0.25) is 5.02 Å². The van der Waals surface area contributed by atoms with Crippen molar-refractivity contribution in [2.24, 2.45) is 5.10 Å². The molecule has 3 aromatic carbocycles. The number of anilines is 1. The molecule has 0 atom stereocenters. The number of aromatic nitrogens is 2. The van der Waals surface area contributed by atoms with Crippen molar-refractivity contribution in [3.63, 3.8) is 0 Å². The van der Waals surface area contributed by atoms with Crippen LogP contribution in [0.4, 0.5) is 5.69 Å². The van der Waals surface area contributed by atoms with Crippen LogP contribution in [-0.2, 0) is 0 Å². The third-order valence-corrected chi connectivity index (χ3v) is 4.27. The van der Waals surface area contributed by atoms with Crippen molar-refractivity contribution < 1.29 is 0 Å². The van der Waals surface area contributed by atoms with Crippen LogP contribution in [0.1, 0.15) is 5.56 Å². The Kier molecular flexibility index (Phi) is 4.99. The van der Waals surface area contributed by atoms with E-state index in [9.17, 15) is 0 Å². The number of halogens is 1. The third-order valence-electron chi connectivity index (χ3n) is 4.03. The molecule has 0 saturated heterocycles. The molecule has 27 heavy (non-hydrogen) atoms. The van der Waals surface area contributed by atoms with Crippen molar-refractivity contribution in [3.8, 4) is 16.9 Å². The molecule has 0 fully saturated rings. The van der Waals surface area contributed by atoms with E-state index >= 15 is 0 Å². The highest BCUT2D eigenvalue weighted by molar-refractivity contribution is 6.30. The molecular weight excluding hydrogens is 356 g/mol. The lowest BCUT2D eigenvalue weighted by atomic mass is 10.1. The van der Waals surface area contributed by atoms with Crippen molar-refractivity contribution in [3.05, 3.63) is 102 Å². The van der Waals surface area contributed by atoms with E-state index in [-0.39, 0.29) is 0 Å². The van der Waals surface area contributed by atoms with Crippen molar-refractivity contribution in [1.29, 1.82) is 0 Å². The molecule has 1 N–H and O–H groups in total. The van der Waals surface area contributed by atoms with Crippen LogP contribution < -0.4 is 5.43 Å². The van der Waals surface area contributed by atoms with Crippen LogP contribution in [-0.4, -0.2) is 16.0 Å². The standard InChI is InChI=1S/C22H17ClN4/c23-19-10-7-11-20(14-19)25-24-15-18-16-27(21-12-5-2-6-13-21)26-22(18)17-8-3-1-4-9-17/h1-16,25H/b24-15+. The van der Waals surface area contributed by atoms with Crippen LogP contribution in [0, 0.1) is 0 Å². The Bertz CT molecular complexity index is 1060. The van der Waals surface area contributed by atoms with Gasteiger partial charge in [-0.05, 0) is 30.3 Å². The van der Waals surface area contributed by atoms with Crippen LogP contribution in [0.25, 0.3) is 16.9 Å². The maximum absolute atomic E-state index is 6.01. The zero-order valence-electron chi connectivity index (χ0n) is 14.5.